The van der Waals surface area contributed by atoms with Gasteiger partial charge in [0.25, 0.3) is 11.8 Å². The Balaban J connectivity index is 1.57. The minimum Gasteiger partial charge on any atom is -0.301 e. The fourth-order valence-corrected chi connectivity index (χ4v) is 5.81. The van der Waals surface area contributed by atoms with Crippen LogP contribution in [-0.4, -0.2) is 68.5 Å². The number of hydrogen-bond donors (Lipinski definition) is 0. The first-order valence-electron chi connectivity index (χ1n) is 12.5. The number of pyridine rings is 1. The van der Waals surface area contributed by atoms with Gasteiger partial charge in [-0.1, -0.05) is 12.1 Å². The zero-order chi connectivity index (χ0) is 27.9. The van der Waals surface area contributed by atoms with Crippen LogP contribution in [0.1, 0.15) is 53.7 Å². The Bertz CT molecular complexity index is 1370. The zero-order valence-electron chi connectivity index (χ0n) is 20.7. The van der Waals surface area contributed by atoms with E-state index in [0.29, 0.717) is 31.9 Å². The number of alkyl halides is 3. The van der Waals surface area contributed by atoms with E-state index >= 15 is 0 Å². The molecule has 2 amide bonds. The van der Waals surface area contributed by atoms with Crippen molar-refractivity contribution in [3.8, 4) is 6.07 Å². The molecule has 5 rings (SSSR count). The number of carbonyl (C=O) groups is 2. The molecule has 1 aliphatic carbocycles. The largest absolute Gasteiger partial charge is 0.419 e. The Morgan fingerprint density at radius 3 is 2.46 bits per heavy atom. The lowest BCUT2D eigenvalue weighted by atomic mass is 9.76. The molecule has 3 fully saturated rings. The van der Waals surface area contributed by atoms with Crippen LogP contribution < -0.4 is 4.90 Å². The Kier molecular flexibility index (Phi) is 7.02. The number of hydrazine groups is 1. The van der Waals surface area contributed by atoms with Crippen LogP contribution >= 0.6 is 12.2 Å². The molecule has 3 aliphatic rings. The second-order valence-corrected chi connectivity index (χ2v) is 10.1. The molecule has 1 spiro atoms. The summed E-state index contributed by atoms with van der Waals surface area (Å²) in [6, 6.07) is 7.56. The first-order valence-corrected chi connectivity index (χ1v) is 12.9. The summed E-state index contributed by atoms with van der Waals surface area (Å²) in [7, 11) is 0. The molecule has 2 saturated heterocycles. The molecule has 13 heteroatoms. The van der Waals surface area contributed by atoms with Gasteiger partial charge in [0.05, 0.1) is 29.6 Å². The third-order valence-electron chi connectivity index (χ3n) is 7.51. The number of amides is 2. The zero-order valence-corrected chi connectivity index (χ0v) is 21.6. The summed E-state index contributed by atoms with van der Waals surface area (Å²) in [6.45, 7) is 2.20. The maximum absolute atomic E-state index is 14.7. The van der Waals surface area contributed by atoms with E-state index < -0.39 is 40.6 Å². The quantitative estimate of drug-likeness (QED) is 0.388. The normalized spacial score (nSPS) is 18.9. The highest BCUT2D eigenvalue weighted by Gasteiger charge is 2.62. The molecule has 8 nitrogen and oxygen atoms in total. The van der Waals surface area contributed by atoms with Crippen molar-refractivity contribution in [2.45, 2.75) is 43.8 Å². The number of likely N-dealkylation sites (tertiary alicyclic amines) is 1. The van der Waals surface area contributed by atoms with Crippen LogP contribution in [0.5, 0.6) is 0 Å². The van der Waals surface area contributed by atoms with Crippen molar-refractivity contribution in [2.75, 3.05) is 31.1 Å². The predicted molar refractivity (Wildman–Crippen MR) is 136 cm³/mol. The van der Waals surface area contributed by atoms with Crippen molar-refractivity contribution < 1.29 is 27.2 Å². The summed E-state index contributed by atoms with van der Waals surface area (Å²) in [5.41, 5.74) is -3.90. The van der Waals surface area contributed by atoms with Crippen LogP contribution in [0.2, 0.25) is 0 Å². The molecule has 0 unspecified atom stereocenters. The Hall–Kier alpha value is -3.63. The molecule has 3 heterocycles. The Morgan fingerprint density at radius 2 is 1.87 bits per heavy atom. The van der Waals surface area contributed by atoms with Gasteiger partial charge in [0.1, 0.15) is 17.4 Å². The molecule has 1 aromatic heterocycles. The number of nitrogens with zero attached hydrogens (tertiary/aromatic N) is 6. The summed E-state index contributed by atoms with van der Waals surface area (Å²) < 4.78 is 55.8. The van der Waals surface area contributed by atoms with Gasteiger partial charge in [0.15, 0.2) is 5.69 Å². The number of aromatic nitrogens is 1. The average Bonchev–Trinajstić information content (AvgIpc) is 3.48. The molecule has 39 heavy (non-hydrogen) atoms. The molecule has 1 saturated carbocycles. The van der Waals surface area contributed by atoms with Crippen molar-refractivity contribution in [1.82, 2.24) is 19.9 Å². The van der Waals surface area contributed by atoms with E-state index in [4.69, 9.17) is 17.5 Å². The molecule has 2 aromatic rings. The van der Waals surface area contributed by atoms with Crippen molar-refractivity contribution >= 4 is 34.8 Å². The minimum atomic E-state index is -4.89. The fourth-order valence-electron chi connectivity index (χ4n) is 5.35. The topological polar surface area (TPSA) is 83.8 Å². The van der Waals surface area contributed by atoms with E-state index in [1.54, 1.807) is 0 Å². The molecular formula is C26H24F4N6O2S. The van der Waals surface area contributed by atoms with E-state index in [9.17, 15) is 27.2 Å². The van der Waals surface area contributed by atoms with Gasteiger partial charge in [-0.25, -0.2) is 19.4 Å². The Morgan fingerprint density at radius 1 is 1.18 bits per heavy atom. The molecule has 0 radical (unpaired) electrons. The number of thiocarbonyl (C=S) groups is 1. The summed E-state index contributed by atoms with van der Waals surface area (Å²) in [5, 5.41) is 11.5. The van der Waals surface area contributed by atoms with Crippen LogP contribution in [-0.2, 0) is 11.0 Å². The van der Waals surface area contributed by atoms with Gasteiger partial charge >= 0.3 is 6.18 Å². The molecule has 204 valence electrons. The van der Waals surface area contributed by atoms with E-state index in [2.05, 4.69) is 9.88 Å². The second kappa shape index (κ2) is 10.2. The average molecular weight is 561 g/mol. The van der Waals surface area contributed by atoms with Crippen LogP contribution in [0.4, 0.5) is 23.2 Å². The number of anilines is 1. The first kappa shape index (κ1) is 27.0. The molecule has 2 aliphatic heterocycles. The van der Waals surface area contributed by atoms with Gasteiger partial charge in [0.2, 0.25) is 5.11 Å². The van der Waals surface area contributed by atoms with Gasteiger partial charge < -0.3 is 4.90 Å². The molecular weight excluding hydrogens is 536 g/mol. The lowest BCUT2D eigenvalue weighted by molar-refractivity contribution is -0.138. The molecule has 1 aromatic carbocycles. The molecule has 0 bridgehead atoms. The van der Waals surface area contributed by atoms with E-state index in [1.165, 1.54) is 34.3 Å². The first-order chi connectivity index (χ1) is 18.6. The van der Waals surface area contributed by atoms with Gasteiger partial charge in [-0.2, -0.15) is 18.4 Å². The number of rotatable bonds is 6. The van der Waals surface area contributed by atoms with E-state index in [-0.39, 0.29) is 22.9 Å². The molecule has 0 N–H and O–H groups in total. The summed E-state index contributed by atoms with van der Waals surface area (Å²) in [6.07, 6.45) is -0.645. The van der Waals surface area contributed by atoms with Gasteiger partial charge in [-0.15, -0.1) is 0 Å². The van der Waals surface area contributed by atoms with Crippen molar-refractivity contribution in [1.29, 1.82) is 5.26 Å². The number of nitriles is 1. The monoisotopic (exact) mass is 560 g/mol. The molecule has 0 atom stereocenters. The third-order valence-corrected chi connectivity index (χ3v) is 7.86. The number of carbonyl (C=O) groups excluding carboxylic acids is 2. The summed E-state index contributed by atoms with van der Waals surface area (Å²) in [4.78, 5) is 34.3. The van der Waals surface area contributed by atoms with Crippen LogP contribution in [0.3, 0.4) is 0 Å². The maximum Gasteiger partial charge on any atom is 0.419 e. The highest BCUT2D eigenvalue weighted by molar-refractivity contribution is 7.80. The fraction of sp³-hybridized carbons (Fsp3) is 0.423. The summed E-state index contributed by atoms with van der Waals surface area (Å²) >= 11 is 5.65. The van der Waals surface area contributed by atoms with Crippen LogP contribution in [0.25, 0.3) is 0 Å². The highest BCUT2D eigenvalue weighted by Crippen LogP contribution is 2.47. The van der Waals surface area contributed by atoms with Crippen molar-refractivity contribution in [3.05, 3.63) is 59.2 Å². The SMILES string of the molecule is N#Cc1ncc(N2C(=O)C3(CCC3)N(N(CCN3CCCC3)C(=O)c3ccccc3F)C2=S)cc1C(F)(F)F. The van der Waals surface area contributed by atoms with Gasteiger partial charge in [-0.05, 0) is 75.6 Å². The summed E-state index contributed by atoms with van der Waals surface area (Å²) in [5.74, 6) is -2.04. The van der Waals surface area contributed by atoms with Crippen LogP contribution in [0.15, 0.2) is 36.5 Å². The number of halogens is 4. The lowest BCUT2D eigenvalue weighted by Crippen LogP contribution is -2.63. The lowest BCUT2D eigenvalue weighted by Gasteiger charge is -2.47. The minimum absolute atomic E-state index is 0.0929. The number of benzene rings is 1. The Labute approximate surface area is 227 Å². The highest BCUT2D eigenvalue weighted by atomic mass is 32.1. The second-order valence-electron chi connectivity index (χ2n) is 9.78. The number of hydrogen-bond acceptors (Lipinski definition) is 6. The smallest absolute Gasteiger partial charge is 0.301 e. The van der Waals surface area contributed by atoms with E-state index in [1.807, 2.05) is 0 Å². The predicted octanol–water partition coefficient (Wildman–Crippen LogP) is 4.12. The maximum atomic E-state index is 14.7. The standard InChI is InChI=1S/C26H24F4N6O2S/c27-20-7-2-1-6-18(20)22(37)34(13-12-33-10-3-4-11-33)36-24(39)35(23(38)25(36)8-5-9-25)17-14-19(26(28,29)30)21(15-31)32-16-17/h1-2,6-7,14,16H,3-5,8-13H2. The van der Waals surface area contributed by atoms with Gasteiger partial charge in [-0.3, -0.25) is 14.5 Å². The third kappa shape index (κ3) is 4.61. The van der Waals surface area contributed by atoms with Crippen molar-refractivity contribution in [3.63, 3.8) is 0 Å². The van der Waals surface area contributed by atoms with Crippen molar-refractivity contribution in [2.24, 2.45) is 0 Å². The van der Waals surface area contributed by atoms with Crippen LogP contribution in [0, 0.1) is 17.1 Å². The van der Waals surface area contributed by atoms with E-state index in [0.717, 1.165) is 43.1 Å². The van der Waals surface area contributed by atoms with Gasteiger partial charge in [0, 0.05) is 6.54 Å².